The van der Waals surface area contributed by atoms with Crippen molar-refractivity contribution in [1.29, 1.82) is 0 Å². The number of carbonyl (C=O) groups excluding carboxylic acids is 1. The zero-order valence-corrected chi connectivity index (χ0v) is 18.2. The number of piperazine rings is 1. The Hall–Kier alpha value is -2.54. The predicted octanol–water partition coefficient (Wildman–Crippen LogP) is 4.00. The molecule has 2 aromatic heterocycles. The number of hydrogen-bond donors (Lipinski definition) is 0. The molecule has 1 saturated heterocycles. The second-order valence-electron chi connectivity index (χ2n) is 7.75. The molecule has 0 aliphatic carbocycles. The highest BCUT2D eigenvalue weighted by Crippen LogP contribution is 2.21. The number of benzene rings is 1. The average molecular weight is 421 g/mol. The minimum atomic E-state index is 0.0268. The van der Waals surface area contributed by atoms with Crippen LogP contribution in [0.4, 0.5) is 5.82 Å². The molecule has 3 aromatic rings. The van der Waals surface area contributed by atoms with E-state index < -0.39 is 0 Å². The van der Waals surface area contributed by atoms with Crippen LogP contribution in [0.2, 0.25) is 0 Å². The molecular weight excluding hydrogens is 392 g/mol. The molecule has 0 bridgehead atoms. The molecule has 1 fully saturated rings. The van der Waals surface area contributed by atoms with Gasteiger partial charge in [0.15, 0.2) is 0 Å². The zero-order valence-electron chi connectivity index (χ0n) is 17.4. The molecule has 0 radical (unpaired) electrons. The lowest BCUT2D eigenvalue weighted by molar-refractivity contribution is 0.0953. The third-order valence-electron chi connectivity index (χ3n) is 5.52. The standard InChI is InChI=1S/C24H28N4OS/c1-20(18-26-13-15-27(16-14-26)19-21-8-3-2-4-9-21)28(23-11-5-6-12-25-23)24(29)22-10-7-17-30-22/h2-12,17,20H,13-16,18-19H2,1H3. The maximum absolute atomic E-state index is 13.2. The Morgan fingerprint density at radius 2 is 1.73 bits per heavy atom. The van der Waals surface area contributed by atoms with Crippen LogP contribution in [0, 0.1) is 0 Å². The van der Waals surface area contributed by atoms with E-state index in [4.69, 9.17) is 0 Å². The van der Waals surface area contributed by atoms with Crippen molar-refractivity contribution in [2.24, 2.45) is 0 Å². The number of rotatable bonds is 7. The van der Waals surface area contributed by atoms with Gasteiger partial charge in [0.1, 0.15) is 5.82 Å². The molecule has 30 heavy (non-hydrogen) atoms. The number of nitrogens with zero attached hydrogens (tertiary/aromatic N) is 4. The van der Waals surface area contributed by atoms with Gasteiger partial charge in [-0.1, -0.05) is 42.5 Å². The third kappa shape index (κ3) is 5.14. The average Bonchev–Trinajstić information content (AvgIpc) is 3.32. The van der Waals surface area contributed by atoms with Crippen LogP contribution in [0.3, 0.4) is 0 Å². The Morgan fingerprint density at radius 1 is 1.00 bits per heavy atom. The summed E-state index contributed by atoms with van der Waals surface area (Å²) in [5.74, 6) is 0.741. The SMILES string of the molecule is CC(CN1CCN(Cc2ccccc2)CC1)N(C(=O)c1cccs1)c1ccccn1. The van der Waals surface area contributed by atoms with Gasteiger partial charge in [-0.2, -0.15) is 0 Å². The van der Waals surface area contributed by atoms with Crippen molar-refractivity contribution < 1.29 is 4.79 Å². The van der Waals surface area contributed by atoms with E-state index in [9.17, 15) is 4.79 Å². The van der Waals surface area contributed by atoms with Crippen LogP contribution in [0.25, 0.3) is 0 Å². The Labute approximate surface area is 182 Å². The fraction of sp³-hybridized carbons (Fsp3) is 0.333. The summed E-state index contributed by atoms with van der Waals surface area (Å²) < 4.78 is 0. The monoisotopic (exact) mass is 420 g/mol. The van der Waals surface area contributed by atoms with Gasteiger partial charge < -0.3 is 0 Å². The van der Waals surface area contributed by atoms with Crippen molar-refractivity contribution in [3.8, 4) is 0 Å². The van der Waals surface area contributed by atoms with Gasteiger partial charge in [0.05, 0.1) is 4.88 Å². The number of thiophene rings is 1. The summed E-state index contributed by atoms with van der Waals surface area (Å²) >= 11 is 1.48. The lowest BCUT2D eigenvalue weighted by Crippen LogP contribution is -2.51. The molecule has 1 atom stereocenters. The van der Waals surface area contributed by atoms with Crippen LogP contribution in [-0.4, -0.2) is 59.5 Å². The lowest BCUT2D eigenvalue weighted by Gasteiger charge is -2.38. The first-order valence-electron chi connectivity index (χ1n) is 10.5. The topological polar surface area (TPSA) is 39.7 Å². The van der Waals surface area contributed by atoms with Crippen molar-refractivity contribution in [1.82, 2.24) is 14.8 Å². The van der Waals surface area contributed by atoms with E-state index in [2.05, 4.69) is 52.0 Å². The fourth-order valence-corrected chi connectivity index (χ4v) is 4.63. The molecule has 0 saturated carbocycles. The van der Waals surface area contributed by atoms with Crippen molar-refractivity contribution in [3.63, 3.8) is 0 Å². The second-order valence-corrected chi connectivity index (χ2v) is 8.70. The quantitative estimate of drug-likeness (QED) is 0.579. The van der Waals surface area contributed by atoms with Crippen LogP contribution in [0.15, 0.2) is 72.2 Å². The molecule has 3 heterocycles. The highest BCUT2D eigenvalue weighted by Gasteiger charge is 2.27. The molecule has 0 N–H and O–H groups in total. The largest absolute Gasteiger partial charge is 0.299 e. The van der Waals surface area contributed by atoms with E-state index in [1.165, 1.54) is 16.9 Å². The molecule has 1 aliphatic rings. The number of amides is 1. The summed E-state index contributed by atoms with van der Waals surface area (Å²) in [5, 5.41) is 1.94. The van der Waals surface area contributed by atoms with Crippen molar-refractivity contribution in [2.45, 2.75) is 19.5 Å². The first-order chi connectivity index (χ1) is 14.7. The van der Waals surface area contributed by atoms with Crippen LogP contribution in [0.1, 0.15) is 22.2 Å². The van der Waals surface area contributed by atoms with Crippen molar-refractivity contribution >= 4 is 23.1 Å². The van der Waals surface area contributed by atoms with E-state index in [0.717, 1.165) is 44.1 Å². The normalized spacial score (nSPS) is 16.3. The summed E-state index contributed by atoms with van der Waals surface area (Å²) in [7, 11) is 0. The predicted molar refractivity (Wildman–Crippen MR) is 123 cm³/mol. The Morgan fingerprint density at radius 3 is 2.40 bits per heavy atom. The van der Waals surface area contributed by atoms with Crippen molar-refractivity contribution in [2.75, 3.05) is 37.6 Å². The van der Waals surface area contributed by atoms with Gasteiger partial charge in [0.2, 0.25) is 0 Å². The Balaban J connectivity index is 1.38. The van der Waals surface area contributed by atoms with Gasteiger partial charge in [0, 0.05) is 51.5 Å². The summed E-state index contributed by atoms with van der Waals surface area (Å²) in [6.07, 6.45) is 1.75. The molecule has 4 rings (SSSR count). The van der Waals surface area contributed by atoms with Gasteiger partial charge in [-0.05, 0) is 36.1 Å². The Bertz CT molecular complexity index is 909. The molecule has 1 aliphatic heterocycles. The van der Waals surface area contributed by atoms with Gasteiger partial charge in [-0.25, -0.2) is 4.98 Å². The maximum atomic E-state index is 13.2. The smallest absolute Gasteiger partial charge is 0.269 e. The van der Waals surface area contributed by atoms with E-state index in [1.54, 1.807) is 6.20 Å². The minimum absolute atomic E-state index is 0.0268. The van der Waals surface area contributed by atoms with E-state index in [-0.39, 0.29) is 11.9 Å². The number of aromatic nitrogens is 1. The van der Waals surface area contributed by atoms with Crippen LogP contribution < -0.4 is 4.90 Å². The van der Waals surface area contributed by atoms with Gasteiger partial charge in [0.25, 0.3) is 5.91 Å². The maximum Gasteiger partial charge on any atom is 0.269 e. The lowest BCUT2D eigenvalue weighted by atomic mass is 10.2. The van der Waals surface area contributed by atoms with E-state index >= 15 is 0 Å². The van der Waals surface area contributed by atoms with Gasteiger partial charge in [-0.15, -0.1) is 11.3 Å². The zero-order chi connectivity index (χ0) is 20.8. The summed E-state index contributed by atoms with van der Waals surface area (Å²) in [6, 6.07) is 20.2. The number of hydrogen-bond acceptors (Lipinski definition) is 5. The summed E-state index contributed by atoms with van der Waals surface area (Å²) in [5.41, 5.74) is 1.36. The number of anilines is 1. The second kappa shape index (κ2) is 9.98. The minimum Gasteiger partial charge on any atom is -0.299 e. The molecule has 1 aromatic carbocycles. The van der Waals surface area contributed by atoms with Crippen LogP contribution >= 0.6 is 11.3 Å². The molecule has 0 spiro atoms. The molecular formula is C24H28N4OS. The Kier molecular flexibility index (Phi) is 6.89. The molecule has 1 amide bonds. The molecule has 156 valence electrons. The summed E-state index contributed by atoms with van der Waals surface area (Å²) in [4.78, 5) is 25.2. The van der Waals surface area contributed by atoms with E-state index in [1.807, 2.05) is 40.6 Å². The fourth-order valence-electron chi connectivity index (χ4n) is 3.97. The van der Waals surface area contributed by atoms with Crippen molar-refractivity contribution in [3.05, 3.63) is 82.7 Å². The third-order valence-corrected chi connectivity index (χ3v) is 6.38. The number of pyridine rings is 1. The summed E-state index contributed by atoms with van der Waals surface area (Å²) in [6.45, 7) is 8.08. The highest BCUT2D eigenvalue weighted by molar-refractivity contribution is 7.12. The first-order valence-corrected chi connectivity index (χ1v) is 11.4. The highest BCUT2D eigenvalue weighted by atomic mass is 32.1. The molecule has 5 nitrogen and oxygen atoms in total. The van der Waals surface area contributed by atoms with Gasteiger partial charge in [-0.3, -0.25) is 19.5 Å². The van der Waals surface area contributed by atoms with Crippen LogP contribution in [-0.2, 0) is 6.54 Å². The molecule has 6 heteroatoms. The number of carbonyl (C=O) groups is 1. The van der Waals surface area contributed by atoms with Gasteiger partial charge >= 0.3 is 0 Å². The van der Waals surface area contributed by atoms with E-state index in [0.29, 0.717) is 5.82 Å². The molecule has 1 unspecified atom stereocenters. The first kappa shape index (κ1) is 20.7. The van der Waals surface area contributed by atoms with Crippen LogP contribution in [0.5, 0.6) is 0 Å².